The third kappa shape index (κ3) is 6.33. The first kappa shape index (κ1) is 15.7. The van der Waals surface area contributed by atoms with Crippen molar-refractivity contribution in [1.29, 1.82) is 0 Å². The Morgan fingerprint density at radius 1 is 1.25 bits per heavy atom. The van der Waals surface area contributed by atoms with E-state index in [-0.39, 0.29) is 12.1 Å². The van der Waals surface area contributed by atoms with E-state index in [0.29, 0.717) is 0 Å². The average Bonchev–Trinajstić information content (AvgIpc) is 2.16. The normalized spacial score (nSPS) is 16.5. The molecule has 0 aromatic rings. The molecule has 2 nitrogen and oxygen atoms in total. The zero-order valence-electron chi connectivity index (χ0n) is 10.6. The lowest BCUT2D eigenvalue weighted by atomic mass is 10.1. The molecule has 2 unspecified atom stereocenters. The standard InChI is InChI=1S/C11H23F3N2/c1-5-7-15-10(6-2)9(3)16(4)8-11(12,13)14/h9-10,15H,5-8H2,1-4H3. The largest absolute Gasteiger partial charge is 0.401 e. The lowest BCUT2D eigenvalue weighted by Crippen LogP contribution is -2.49. The van der Waals surface area contributed by atoms with Gasteiger partial charge in [-0.15, -0.1) is 0 Å². The third-order valence-corrected chi connectivity index (χ3v) is 2.80. The van der Waals surface area contributed by atoms with Crippen molar-refractivity contribution in [2.24, 2.45) is 0 Å². The van der Waals surface area contributed by atoms with Crippen LogP contribution >= 0.6 is 0 Å². The summed E-state index contributed by atoms with van der Waals surface area (Å²) in [5.74, 6) is 0. The fourth-order valence-corrected chi connectivity index (χ4v) is 1.72. The van der Waals surface area contributed by atoms with Crippen LogP contribution in [0.3, 0.4) is 0 Å². The molecule has 0 saturated heterocycles. The van der Waals surface area contributed by atoms with Crippen LogP contribution in [0.25, 0.3) is 0 Å². The van der Waals surface area contributed by atoms with Gasteiger partial charge >= 0.3 is 6.18 Å². The first-order valence-corrected chi connectivity index (χ1v) is 5.82. The maximum absolute atomic E-state index is 12.2. The van der Waals surface area contributed by atoms with Gasteiger partial charge in [0.2, 0.25) is 0 Å². The first-order chi connectivity index (χ1) is 7.31. The molecule has 16 heavy (non-hydrogen) atoms. The van der Waals surface area contributed by atoms with Crippen molar-refractivity contribution in [3.8, 4) is 0 Å². The van der Waals surface area contributed by atoms with Crippen molar-refractivity contribution in [2.45, 2.75) is 51.9 Å². The molecule has 2 atom stereocenters. The molecule has 98 valence electrons. The highest BCUT2D eigenvalue weighted by atomic mass is 19.4. The van der Waals surface area contributed by atoms with E-state index in [1.165, 1.54) is 11.9 Å². The molecular formula is C11H23F3N2. The molecule has 1 N–H and O–H groups in total. The Balaban J connectivity index is 4.21. The zero-order chi connectivity index (χ0) is 12.8. The number of halogens is 3. The summed E-state index contributed by atoms with van der Waals surface area (Å²) in [5.41, 5.74) is 0. The summed E-state index contributed by atoms with van der Waals surface area (Å²) in [6.45, 7) is 5.87. The van der Waals surface area contributed by atoms with E-state index < -0.39 is 12.7 Å². The van der Waals surface area contributed by atoms with E-state index >= 15 is 0 Å². The molecule has 0 saturated carbocycles. The molecule has 0 radical (unpaired) electrons. The molecule has 0 spiro atoms. The van der Waals surface area contributed by atoms with Gasteiger partial charge in [-0.1, -0.05) is 13.8 Å². The molecule has 0 amide bonds. The molecule has 0 rings (SSSR count). The van der Waals surface area contributed by atoms with Crippen LogP contribution in [0.2, 0.25) is 0 Å². The third-order valence-electron chi connectivity index (χ3n) is 2.80. The van der Waals surface area contributed by atoms with E-state index in [2.05, 4.69) is 5.32 Å². The minimum absolute atomic E-state index is 0.113. The van der Waals surface area contributed by atoms with Gasteiger partial charge < -0.3 is 5.32 Å². The predicted octanol–water partition coefficient (Wildman–Crippen LogP) is 2.65. The second-order valence-electron chi connectivity index (χ2n) is 4.24. The highest BCUT2D eigenvalue weighted by Gasteiger charge is 2.32. The molecule has 0 heterocycles. The number of nitrogens with zero attached hydrogens (tertiary/aromatic N) is 1. The zero-order valence-corrected chi connectivity index (χ0v) is 10.6. The minimum Gasteiger partial charge on any atom is -0.312 e. The summed E-state index contributed by atoms with van der Waals surface area (Å²) < 4.78 is 36.7. The summed E-state index contributed by atoms with van der Waals surface area (Å²) in [5, 5.41) is 3.28. The lowest BCUT2D eigenvalue weighted by Gasteiger charge is -2.32. The van der Waals surface area contributed by atoms with Crippen molar-refractivity contribution in [2.75, 3.05) is 20.1 Å². The second-order valence-corrected chi connectivity index (χ2v) is 4.24. The molecule has 0 aliphatic carbocycles. The first-order valence-electron chi connectivity index (χ1n) is 5.82. The van der Waals surface area contributed by atoms with Crippen LogP contribution in [0.1, 0.15) is 33.6 Å². The summed E-state index contributed by atoms with van der Waals surface area (Å²) >= 11 is 0. The highest BCUT2D eigenvalue weighted by molar-refractivity contribution is 4.79. The molecule has 5 heteroatoms. The van der Waals surface area contributed by atoms with Crippen molar-refractivity contribution < 1.29 is 13.2 Å². The van der Waals surface area contributed by atoms with E-state index in [0.717, 1.165) is 19.4 Å². The Hall–Kier alpha value is -0.290. The smallest absolute Gasteiger partial charge is 0.312 e. The van der Waals surface area contributed by atoms with Crippen LogP contribution in [-0.2, 0) is 0 Å². The van der Waals surface area contributed by atoms with Crippen LogP contribution < -0.4 is 5.32 Å². The summed E-state index contributed by atoms with van der Waals surface area (Å²) in [7, 11) is 1.52. The van der Waals surface area contributed by atoms with E-state index in [1.807, 2.05) is 20.8 Å². The summed E-state index contributed by atoms with van der Waals surface area (Å²) in [6.07, 6.45) is -2.29. The fourth-order valence-electron chi connectivity index (χ4n) is 1.72. The maximum Gasteiger partial charge on any atom is 0.401 e. The van der Waals surface area contributed by atoms with Crippen LogP contribution in [0.5, 0.6) is 0 Å². The highest BCUT2D eigenvalue weighted by Crippen LogP contribution is 2.18. The van der Waals surface area contributed by atoms with E-state index in [4.69, 9.17) is 0 Å². The van der Waals surface area contributed by atoms with Crippen molar-refractivity contribution in [3.05, 3.63) is 0 Å². The van der Waals surface area contributed by atoms with Gasteiger partial charge in [-0.2, -0.15) is 13.2 Å². The van der Waals surface area contributed by atoms with Crippen molar-refractivity contribution in [3.63, 3.8) is 0 Å². The number of nitrogens with one attached hydrogen (secondary N) is 1. The van der Waals surface area contributed by atoms with Gasteiger partial charge in [-0.25, -0.2) is 0 Å². The quantitative estimate of drug-likeness (QED) is 0.736. The molecule has 0 fully saturated rings. The Kier molecular flexibility index (Phi) is 6.99. The van der Waals surface area contributed by atoms with Crippen LogP contribution in [-0.4, -0.2) is 43.3 Å². The van der Waals surface area contributed by atoms with Gasteiger partial charge in [0.25, 0.3) is 0 Å². The molecule has 0 aromatic heterocycles. The second kappa shape index (κ2) is 7.12. The molecule has 0 aliphatic rings. The van der Waals surface area contributed by atoms with Gasteiger partial charge in [0.05, 0.1) is 6.54 Å². The van der Waals surface area contributed by atoms with Crippen molar-refractivity contribution >= 4 is 0 Å². The van der Waals surface area contributed by atoms with Crippen LogP contribution in [0, 0.1) is 0 Å². The number of rotatable bonds is 7. The number of alkyl halides is 3. The van der Waals surface area contributed by atoms with Crippen molar-refractivity contribution in [1.82, 2.24) is 10.2 Å². The maximum atomic E-state index is 12.2. The minimum atomic E-state index is -4.12. The Morgan fingerprint density at radius 2 is 1.81 bits per heavy atom. The molecular weight excluding hydrogens is 217 g/mol. The number of likely N-dealkylation sites (N-methyl/N-ethyl adjacent to an activating group) is 1. The molecule has 0 aromatic carbocycles. The van der Waals surface area contributed by atoms with Crippen LogP contribution in [0.15, 0.2) is 0 Å². The van der Waals surface area contributed by atoms with Gasteiger partial charge in [-0.05, 0) is 33.4 Å². The predicted molar refractivity (Wildman–Crippen MR) is 60.5 cm³/mol. The van der Waals surface area contributed by atoms with E-state index in [9.17, 15) is 13.2 Å². The SMILES string of the molecule is CCCNC(CC)C(C)N(C)CC(F)(F)F. The number of hydrogen-bond donors (Lipinski definition) is 1. The summed E-state index contributed by atoms with van der Waals surface area (Å²) in [6, 6.07) is 0.00507. The van der Waals surface area contributed by atoms with Gasteiger partial charge in [-0.3, -0.25) is 4.90 Å². The van der Waals surface area contributed by atoms with Crippen LogP contribution in [0.4, 0.5) is 13.2 Å². The van der Waals surface area contributed by atoms with E-state index in [1.54, 1.807) is 0 Å². The fraction of sp³-hybridized carbons (Fsp3) is 1.00. The van der Waals surface area contributed by atoms with Gasteiger partial charge in [0.15, 0.2) is 0 Å². The Bertz CT molecular complexity index is 183. The van der Waals surface area contributed by atoms with Gasteiger partial charge in [0, 0.05) is 12.1 Å². The lowest BCUT2D eigenvalue weighted by molar-refractivity contribution is -0.147. The van der Waals surface area contributed by atoms with Gasteiger partial charge in [0.1, 0.15) is 0 Å². The molecule has 0 aliphatic heterocycles. The average molecular weight is 240 g/mol. The number of hydrogen-bond acceptors (Lipinski definition) is 2. The summed E-state index contributed by atoms with van der Waals surface area (Å²) in [4.78, 5) is 1.36. The monoisotopic (exact) mass is 240 g/mol. The Morgan fingerprint density at radius 3 is 2.19 bits per heavy atom. The topological polar surface area (TPSA) is 15.3 Å². The Labute approximate surface area is 96.2 Å². The molecule has 0 bridgehead atoms.